The molecule has 1 nitrogen and oxygen atoms in total. The fourth-order valence-electron chi connectivity index (χ4n) is 2.60. The summed E-state index contributed by atoms with van der Waals surface area (Å²) in [6.45, 7) is 3.23. The van der Waals surface area contributed by atoms with Crippen molar-refractivity contribution in [3.8, 4) is 0 Å². The minimum Gasteiger partial charge on any atom is -0.306 e. The van der Waals surface area contributed by atoms with Gasteiger partial charge in [0.15, 0.2) is 0 Å². The Morgan fingerprint density at radius 1 is 1.33 bits per heavy atom. The molecule has 0 spiro atoms. The van der Waals surface area contributed by atoms with E-state index in [1.807, 2.05) is 6.07 Å². The molecule has 0 bridgehead atoms. The SMILES string of the molecule is CC1CCC(CCl)(NCc2ccccc2Br)CC1. The highest BCUT2D eigenvalue weighted by atomic mass is 79.9. The molecule has 0 amide bonds. The second-order valence-corrected chi connectivity index (χ2v) is 6.66. The number of benzene rings is 1. The first-order valence-corrected chi connectivity index (χ1v) is 8.02. The molecule has 1 saturated carbocycles. The first kappa shape index (κ1) is 14.4. The lowest BCUT2D eigenvalue weighted by atomic mass is 9.78. The molecule has 18 heavy (non-hydrogen) atoms. The zero-order chi connectivity index (χ0) is 13.0. The molecule has 2 rings (SSSR count). The maximum absolute atomic E-state index is 6.22. The molecule has 0 radical (unpaired) electrons. The molecule has 0 atom stereocenters. The van der Waals surface area contributed by atoms with Crippen molar-refractivity contribution in [2.45, 2.75) is 44.7 Å². The molecule has 100 valence electrons. The molecule has 0 aliphatic heterocycles. The van der Waals surface area contributed by atoms with Gasteiger partial charge < -0.3 is 5.32 Å². The Kier molecular flexibility index (Phi) is 5.11. The van der Waals surface area contributed by atoms with Gasteiger partial charge in [-0.15, -0.1) is 11.6 Å². The van der Waals surface area contributed by atoms with Gasteiger partial charge in [-0.2, -0.15) is 0 Å². The third-order valence-corrected chi connectivity index (χ3v) is 5.38. The average Bonchev–Trinajstić information content (AvgIpc) is 2.40. The molecule has 0 unspecified atom stereocenters. The van der Waals surface area contributed by atoms with Crippen LogP contribution in [0.1, 0.15) is 38.2 Å². The molecule has 1 aromatic rings. The van der Waals surface area contributed by atoms with Gasteiger partial charge in [0.1, 0.15) is 0 Å². The molecule has 1 N–H and O–H groups in total. The zero-order valence-corrected chi connectivity index (χ0v) is 13.2. The van der Waals surface area contributed by atoms with Crippen molar-refractivity contribution < 1.29 is 0 Å². The van der Waals surface area contributed by atoms with Crippen LogP contribution < -0.4 is 5.32 Å². The van der Waals surface area contributed by atoms with Gasteiger partial charge in [0.05, 0.1) is 0 Å². The number of hydrogen-bond acceptors (Lipinski definition) is 1. The lowest BCUT2D eigenvalue weighted by Gasteiger charge is -2.39. The Morgan fingerprint density at radius 3 is 2.61 bits per heavy atom. The van der Waals surface area contributed by atoms with Gasteiger partial charge in [0.2, 0.25) is 0 Å². The summed E-state index contributed by atoms with van der Waals surface area (Å²) in [5, 5.41) is 3.70. The van der Waals surface area contributed by atoms with Crippen LogP contribution in [0.4, 0.5) is 0 Å². The number of halogens is 2. The number of hydrogen-bond donors (Lipinski definition) is 1. The summed E-state index contributed by atoms with van der Waals surface area (Å²) in [5.41, 5.74) is 1.45. The zero-order valence-electron chi connectivity index (χ0n) is 10.9. The Hall–Kier alpha value is -0.0500. The molecule has 0 aromatic heterocycles. The smallest absolute Gasteiger partial charge is 0.0406 e. The van der Waals surface area contributed by atoms with E-state index in [2.05, 4.69) is 46.4 Å². The van der Waals surface area contributed by atoms with E-state index in [0.29, 0.717) is 5.88 Å². The van der Waals surface area contributed by atoms with E-state index < -0.39 is 0 Å². The highest BCUT2D eigenvalue weighted by Crippen LogP contribution is 2.33. The van der Waals surface area contributed by atoms with Gasteiger partial charge in [0, 0.05) is 22.4 Å². The molecular formula is C15H21BrClN. The van der Waals surface area contributed by atoms with E-state index in [9.17, 15) is 0 Å². The lowest BCUT2D eigenvalue weighted by Crippen LogP contribution is -2.49. The van der Waals surface area contributed by atoms with Crippen LogP contribution in [0.25, 0.3) is 0 Å². The minimum absolute atomic E-state index is 0.142. The predicted octanol–water partition coefficient (Wildman–Crippen LogP) is 4.73. The summed E-state index contributed by atoms with van der Waals surface area (Å²) in [4.78, 5) is 0. The minimum atomic E-state index is 0.142. The van der Waals surface area contributed by atoms with Gasteiger partial charge in [-0.25, -0.2) is 0 Å². The normalized spacial score (nSPS) is 28.3. The third kappa shape index (κ3) is 3.49. The van der Waals surface area contributed by atoms with E-state index in [1.165, 1.54) is 35.7 Å². The second-order valence-electron chi connectivity index (χ2n) is 5.54. The van der Waals surface area contributed by atoms with Gasteiger partial charge in [0.25, 0.3) is 0 Å². The van der Waals surface area contributed by atoms with Crippen molar-refractivity contribution >= 4 is 27.5 Å². The Labute approximate surface area is 123 Å². The van der Waals surface area contributed by atoms with Crippen molar-refractivity contribution in [3.63, 3.8) is 0 Å². The fraction of sp³-hybridized carbons (Fsp3) is 0.600. The first-order valence-electron chi connectivity index (χ1n) is 6.70. The van der Waals surface area contributed by atoms with Crippen LogP contribution in [0.2, 0.25) is 0 Å². The van der Waals surface area contributed by atoms with E-state index in [4.69, 9.17) is 11.6 Å². The summed E-state index contributed by atoms with van der Waals surface area (Å²) < 4.78 is 1.17. The molecular weight excluding hydrogens is 310 g/mol. The second kappa shape index (κ2) is 6.40. The number of alkyl halides is 1. The predicted molar refractivity (Wildman–Crippen MR) is 82.1 cm³/mol. The van der Waals surface area contributed by atoms with Gasteiger partial charge in [-0.1, -0.05) is 41.1 Å². The number of nitrogens with one attached hydrogen (secondary N) is 1. The van der Waals surface area contributed by atoms with Crippen LogP contribution in [0.3, 0.4) is 0 Å². The van der Waals surface area contributed by atoms with Crippen molar-refractivity contribution in [3.05, 3.63) is 34.3 Å². The molecule has 0 heterocycles. The maximum Gasteiger partial charge on any atom is 0.0406 e. The van der Waals surface area contributed by atoms with E-state index in [0.717, 1.165) is 12.5 Å². The molecule has 3 heteroatoms. The maximum atomic E-state index is 6.22. The van der Waals surface area contributed by atoms with Gasteiger partial charge >= 0.3 is 0 Å². The van der Waals surface area contributed by atoms with Gasteiger partial charge in [-0.05, 0) is 43.2 Å². The summed E-state index contributed by atoms with van der Waals surface area (Å²) in [6.07, 6.45) is 4.97. The largest absolute Gasteiger partial charge is 0.306 e. The fourth-order valence-corrected chi connectivity index (χ4v) is 3.38. The standard InChI is InChI=1S/C15H21BrClN/c1-12-6-8-15(11-17,9-7-12)18-10-13-4-2-3-5-14(13)16/h2-5,12,18H,6-11H2,1H3. The summed E-state index contributed by atoms with van der Waals surface area (Å²) in [6, 6.07) is 8.38. The average molecular weight is 331 g/mol. The first-order chi connectivity index (χ1) is 8.65. The van der Waals surface area contributed by atoms with Crippen LogP contribution in [0.5, 0.6) is 0 Å². The molecule has 1 aliphatic rings. The summed E-state index contributed by atoms with van der Waals surface area (Å²) in [7, 11) is 0. The van der Waals surface area contributed by atoms with Crippen LogP contribution in [-0.4, -0.2) is 11.4 Å². The molecule has 1 aromatic carbocycles. The Morgan fingerprint density at radius 2 is 2.00 bits per heavy atom. The van der Waals surface area contributed by atoms with Crippen molar-refractivity contribution in [1.29, 1.82) is 0 Å². The van der Waals surface area contributed by atoms with E-state index >= 15 is 0 Å². The van der Waals surface area contributed by atoms with E-state index in [-0.39, 0.29) is 5.54 Å². The van der Waals surface area contributed by atoms with Gasteiger partial charge in [-0.3, -0.25) is 0 Å². The molecule has 1 fully saturated rings. The number of rotatable bonds is 4. The summed E-state index contributed by atoms with van der Waals surface area (Å²) >= 11 is 9.81. The highest BCUT2D eigenvalue weighted by Gasteiger charge is 2.32. The van der Waals surface area contributed by atoms with E-state index in [1.54, 1.807) is 0 Å². The summed E-state index contributed by atoms with van der Waals surface area (Å²) in [5.74, 6) is 1.57. The van der Waals surface area contributed by atoms with Crippen LogP contribution >= 0.6 is 27.5 Å². The highest BCUT2D eigenvalue weighted by molar-refractivity contribution is 9.10. The van der Waals surface area contributed by atoms with Crippen LogP contribution in [0, 0.1) is 5.92 Å². The lowest BCUT2D eigenvalue weighted by molar-refractivity contribution is 0.216. The molecule has 0 saturated heterocycles. The van der Waals surface area contributed by atoms with Crippen molar-refractivity contribution in [1.82, 2.24) is 5.32 Å². The quantitative estimate of drug-likeness (QED) is 0.787. The molecule has 1 aliphatic carbocycles. The van der Waals surface area contributed by atoms with Crippen molar-refractivity contribution in [2.75, 3.05) is 5.88 Å². The van der Waals surface area contributed by atoms with Crippen molar-refractivity contribution in [2.24, 2.45) is 5.92 Å². The van der Waals surface area contributed by atoms with Crippen LogP contribution in [0.15, 0.2) is 28.7 Å². The third-order valence-electron chi connectivity index (χ3n) is 4.10. The Balaban J connectivity index is 1.97. The van der Waals surface area contributed by atoms with Crippen LogP contribution in [-0.2, 0) is 6.54 Å². The topological polar surface area (TPSA) is 12.0 Å². The monoisotopic (exact) mass is 329 g/mol. The Bertz CT molecular complexity index is 386.